The third-order valence-corrected chi connectivity index (χ3v) is 4.98. The maximum Gasteiger partial charge on any atom is 0.240 e. The van der Waals surface area contributed by atoms with E-state index in [-0.39, 0.29) is 16.3 Å². The van der Waals surface area contributed by atoms with Crippen LogP contribution in [0, 0.1) is 11.2 Å². The molecule has 2 fully saturated rings. The zero-order chi connectivity index (χ0) is 14.3. The fraction of sp³-hybridized carbons (Fsp3) is 0.467. The molecule has 0 aromatic heterocycles. The number of halogens is 2. The normalized spacial score (nSPS) is 21.8. The van der Waals surface area contributed by atoms with Crippen LogP contribution in [-0.4, -0.2) is 11.8 Å². The lowest BCUT2D eigenvalue weighted by Gasteiger charge is -2.30. The fourth-order valence-electron chi connectivity index (χ4n) is 3.30. The molecule has 0 atom stereocenters. The average Bonchev–Trinajstić information content (AvgIpc) is 2.66. The van der Waals surface area contributed by atoms with Gasteiger partial charge in [-0.05, 0) is 47.0 Å². The molecule has 0 bridgehead atoms. The van der Waals surface area contributed by atoms with Gasteiger partial charge < -0.3 is 0 Å². The summed E-state index contributed by atoms with van der Waals surface area (Å²) in [6.45, 7) is 0. The van der Waals surface area contributed by atoms with Crippen molar-refractivity contribution >= 4 is 33.4 Å². The van der Waals surface area contributed by atoms with E-state index >= 15 is 0 Å². The lowest BCUT2D eigenvalue weighted by atomic mass is 9.73. The highest BCUT2D eigenvalue weighted by Crippen LogP contribution is 2.46. The number of amides is 2. The van der Waals surface area contributed by atoms with Gasteiger partial charge >= 0.3 is 0 Å². The van der Waals surface area contributed by atoms with E-state index in [9.17, 15) is 14.0 Å². The van der Waals surface area contributed by atoms with E-state index in [1.165, 1.54) is 23.1 Å². The van der Waals surface area contributed by atoms with E-state index in [0.29, 0.717) is 12.1 Å². The maximum atomic E-state index is 13.3. The minimum atomic E-state index is -0.504. The number of anilines is 1. The third-order valence-electron chi connectivity index (χ3n) is 4.37. The van der Waals surface area contributed by atoms with Gasteiger partial charge in [-0.3, -0.25) is 14.5 Å². The number of carbonyl (C=O) groups excluding carboxylic acids is 2. The van der Waals surface area contributed by atoms with Crippen molar-refractivity contribution in [2.24, 2.45) is 5.41 Å². The Hall–Kier alpha value is -1.23. The van der Waals surface area contributed by atoms with Crippen LogP contribution < -0.4 is 4.90 Å². The van der Waals surface area contributed by atoms with Crippen LogP contribution in [0.1, 0.15) is 38.5 Å². The van der Waals surface area contributed by atoms with Crippen LogP contribution in [0.5, 0.6) is 0 Å². The summed E-state index contributed by atoms with van der Waals surface area (Å²) in [4.78, 5) is 26.2. The molecule has 20 heavy (non-hydrogen) atoms. The van der Waals surface area contributed by atoms with Gasteiger partial charge in [0, 0.05) is 6.42 Å². The predicted molar refractivity (Wildman–Crippen MR) is 76.7 cm³/mol. The number of benzene rings is 1. The number of rotatable bonds is 1. The molecular formula is C15H15BrFNO2. The molecule has 1 aliphatic carbocycles. The second kappa shape index (κ2) is 4.95. The van der Waals surface area contributed by atoms with Crippen molar-refractivity contribution in [3.8, 4) is 0 Å². The summed E-state index contributed by atoms with van der Waals surface area (Å²) in [5.74, 6) is -0.684. The minimum absolute atomic E-state index is 0.110. The third kappa shape index (κ3) is 2.08. The van der Waals surface area contributed by atoms with Crippen molar-refractivity contribution in [1.82, 2.24) is 0 Å². The van der Waals surface area contributed by atoms with Gasteiger partial charge in [0.2, 0.25) is 11.8 Å². The van der Waals surface area contributed by atoms with Crippen molar-refractivity contribution < 1.29 is 14.0 Å². The first kappa shape index (κ1) is 13.7. The molecule has 1 aromatic rings. The largest absolute Gasteiger partial charge is 0.274 e. The summed E-state index contributed by atoms with van der Waals surface area (Å²) in [6.07, 6.45) is 5.00. The van der Waals surface area contributed by atoms with Crippen LogP contribution in [0.2, 0.25) is 0 Å². The standard InChI is InChI=1S/C15H15BrFNO2/c16-11-8-10(4-5-12(11)17)18-13(19)9-15(14(18)20)6-2-1-3-7-15/h4-5,8H,1-3,6-7,9H2. The van der Waals surface area contributed by atoms with Crippen LogP contribution in [0.25, 0.3) is 0 Å². The molecule has 3 nitrogen and oxygen atoms in total. The van der Waals surface area contributed by atoms with Crippen LogP contribution in [0.4, 0.5) is 10.1 Å². The Labute approximate surface area is 125 Å². The van der Waals surface area contributed by atoms with E-state index in [1.807, 2.05) is 0 Å². The smallest absolute Gasteiger partial charge is 0.240 e. The van der Waals surface area contributed by atoms with E-state index in [0.717, 1.165) is 32.1 Å². The van der Waals surface area contributed by atoms with Crippen molar-refractivity contribution in [2.45, 2.75) is 38.5 Å². The van der Waals surface area contributed by atoms with Gasteiger partial charge in [-0.2, -0.15) is 0 Å². The Morgan fingerprint density at radius 2 is 1.85 bits per heavy atom. The molecule has 0 N–H and O–H groups in total. The topological polar surface area (TPSA) is 37.4 Å². The molecular weight excluding hydrogens is 325 g/mol. The molecule has 1 spiro atoms. The summed E-state index contributed by atoms with van der Waals surface area (Å²) in [5.41, 5.74) is -0.0494. The highest BCUT2D eigenvalue weighted by molar-refractivity contribution is 9.10. The molecule has 5 heteroatoms. The highest BCUT2D eigenvalue weighted by Gasteiger charge is 2.52. The van der Waals surface area contributed by atoms with Gasteiger partial charge in [0.25, 0.3) is 0 Å². The first-order valence-electron chi connectivity index (χ1n) is 6.86. The van der Waals surface area contributed by atoms with Crippen molar-refractivity contribution in [2.75, 3.05) is 4.90 Å². The second-order valence-electron chi connectivity index (χ2n) is 5.65. The maximum absolute atomic E-state index is 13.3. The Kier molecular flexibility index (Phi) is 3.40. The molecule has 1 saturated heterocycles. The molecule has 1 aliphatic heterocycles. The predicted octanol–water partition coefficient (Wildman–Crippen LogP) is 3.80. The minimum Gasteiger partial charge on any atom is -0.274 e. The summed E-state index contributed by atoms with van der Waals surface area (Å²) in [7, 11) is 0. The first-order valence-corrected chi connectivity index (χ1v) is 7.65. The number of nitrogens with zero attached hydrogens (tertiary/aromatic N) is 1. The van der Waals surface area contributed by atoms with E-state index in [4.69, 9.17) is 0 Å². The number of hydrogen-bond donors (Lipinski definition) is 0. The van der Waals surface area contributed by atoms with Crippen molar-refractivity contribution in [3.63, 3.8) is 0 Å². The summed E-state index contributed by atoms with van der Waals surface area (Å²) >= 11 is 3.10. The number of carbonyl (C=O) groups is 2. The van der Waals surface area contributed by atoms with E-state index in [1.54, 1.807) is 0 Å². The van der Waals surface area contributed by atoms with Crippen LogP contribution >= 0.6 is 15.9 Å². The Balaban J connectivity index is 1.95. The van der Waals surface area contributed by atoms with Gasteiger partial charge in [-0.15, -0.1) is 0 Å². The molecule has 0 unspecified atom stereocenters. The molecule has 2 aliphatic rings. The first-order chi connectivity index (χ1) is 9.53. The molecule has 1 aromatic carbocycles. The second-order valence-corrected chi connectivity index (χ2v) is 6.50. The van der Waals surface area contributed by atoms with Gasteiger partial charge in [-0.1, -0.05) is 19.3 Å². The highest BCUT2D eigenvalue weighted by atomic mass is 79.9. The van der Waals surface area contributed by atoms with E-state index < -0.39 is 11.2 Å². The molecule has 3 rings (SSSR count). The molecule has 1 heterocycles. The zero-order valence-corrected chi connectivity index (χ0v) is 12.6. The van der Waals surface area contributed by atoms with E-state index in [2.05, 4.69) is 15.9 Å². The monoisotopic (exact) mass is 339 g/mol. The molecule has 106 valence electrons. The Bertz CT molecular complexity index is 581. The van der Waals surface area contributed by atoms with Gasteiger partial charge in [0.15, 0.2) is 0 Å². The zero-order valence-electron chi connectivity index (χ0n) is 11.0. The summed E-state index contributed by atoms with van der Waals surface area (Å²) in [5, 5.41) is 0. The fourth-order valence-corrected chi connectivity index (χ4v) is 3.67. The number of hydrogen-bond acceptors (Lipinski definition) is 2. The molecule has 0 radical (unpaired) electrons. The van der Waals surface area contributed by atoms with Gasteiger partial charge in [-0.25, -0.2) is 4.39 Å². The SMILES string of the molecule is O=C1CC2(CCCCC2)C(=O)N1c1ccc(F)c(Br)c1. The molecule has 2 amide bonds. The summed E-state index contributed by atoms with van der Waals surface area (Å²) in [6, 6.07) is 4.25. The quantitative estimate of drug-likeness (QED) is 0.729. The average molecular weight is 340 g/mol. The van der Waals surface area contributed by atoms with Crippen molar-refractivity contribution in [3.05, 3.63) is 28.5 Å². The Morgan fingerprint density at radius 1 is 1.15 bits per heavy atom. The molecule has 1 saturated carbocycles. The van der Waals surface area contributed by atoms with Crippen LogP contribution in [0.3, 0.4) is 0 Å². The van der Waals surface area contributed by atoms with Gasteiger partial charge in [0.1, 0.15) is 5.82 Å². The Morgan fingerprint density at radius 3 is 2.50 bits per heavy atom. The van der Waals surface area contributed by atoms with Crippen molar-refractivity contribution in [1.29, 1.82) is 0 Å². The lowest BCUT2D eigenvalue weighted by molar-refractivity contribution is -0.127. The summed E-state index contributed by atoms with van der Waals surface area (Å²) < 4.78 is 13.6. The number of imide groups is 1. The lowest BCUT2D eigenvalue weighted by Crippen LogP contribution is -2.36. The van der Waals surface area contributed by atoms with Crippen LogP contribution in [-0.2, 0) is 9.59 Å². The van der Waals surface area contributed by atoms with Crippen LogP contribution in [0.15, 0.2) is 22.7 Å². The van der Waals surface area contributed by atoms with Gasteiger partial charge in [0.05, 0.1) is 15.6 Å².